The summed E-state index contributed by atoms with van der Waals surface area (Å²) in [4.78, 5) is 37.5. The van der Waals surface area contributed by atoms with Crippen molar-refractivity contribution < 1.29 is 42.9 Å². The molecule has 2 atom stereocenters. The zero-order chi connectivity index (χ0) is 67.5. The highest BCUT2D eigenvalue weighted by molar-refractivity contribution is 5.70. The molecule has 9 heteroatoms. The molecule has 0 spiro atoms. The average Bonchev–Trinajstić information content (AvgIpc) is 3.73. The smallest absolute Gasteiger partial charge is 0.306 e. The third-order valence-electron chi connectivity index (χ3n) is 13.6. The fourth-order valence-electron chi connectivity index (χ4n) is 8.30. The topological polar surface area (TPSA) is 111 Å². The second-order valence-corrected chi connectivity index (χ2v) is 23.3. The number of ether oxygens (including phenoxy) is 4. The Morgan fingerprint density at radius 3 is 0.839 bits per heavy atom. The van der Waals surface area contributed by atoms with E-state index in [4.69, 9.17) is 18.9 Å². The van der Waals surface area contributed by atoms with Crippen LogP contribution in [0.5, 0.6) is 0 Å². The molecule has 0 aliphatic rings. The number of aliphatic carboxylic acids is 1. The molecule has 93 heavy (non-hydrogen) atoms. The molecule has 9 nitrogen and oxygen atoms in total. The van der Waals surface area contributed by atoms with Crippen LogP contribution >= 0.6 is 0 Å². The molecule has 0 heterocycles. The van der Waals surface area contributed by atoms with Crippen LogP contribution in [0.4, 0.5) is 0 Å². The Balaban J connectivity index is 4.37. The van der Waals surface area contributed by atoms with E-state index in [2.05, 4.69) is 257 Å². The molecule has 0 aliphatic carbocycles. The van der Waals surface area contributed by atoms with Gasteiger partial charge in [-0.15, -0.1) is 0 Å². The van der Waals surface area contributed by atoms with Crippen molar-refractivity contribution in [1.82, 2.24) is 0 Å². The number of carboxylic acids is 1. The van der Waals surface area contributed by atoms with Gasteiger partial charge in [-0.3, -0.25) is 9.59 Å². The van der Waals surface area contributed by atoms with Crippen molar-refractivity contribution in [2.24, 2.45) is 0 Å². The van der Waals surface area contributed by atoms with Crippen molar-refractivity contribution >= 4 is 17.9 Å². The molecule has 0 saturated carbocycles. The highest BCUT2D eigenvalue weighted by Crippen LogP contribution is 2.11. The molecule has 0 aliphatic heterocycles. The predicted molar refractivity (Wildman–Crippen MR) is 397 cm³/mol. The number of rotatable bonds is 61. The summed E-state index contributed by atoms with van der Waals surface area (Å²) in [7, 11) is 5.88. The number of carboxylic acid groups (broad SMARTS) is 1. The van der Waals surface area contributed by atoms with E-state index in [-0.39, 0.29) is 32.7 Å². The molecule has 0 amide bonds. The minimum atomic E-state index is -1.66. The summed E-state index contributed by atoms with van der Waals surface area (Å²) in [5.41, 5.74) is 0. The van der Waals surface area contributed by atoms with Crippen molar-refractivity contribution in [3.63, 3.8) is 0 Å². The number of allylic oxidation sites excluding steroid dienone is 40. The Hall–Kier alpha value is -6.91. The largest absolute Gasteiger partial charge is 0.545 e. The molecule has 0 fully saturated rings. The van der Waals surface area contributed by atoms with Crippen molar-refractivity contribution in [3.8, 4) is 0 Å². The molecule has 0 radical (unpaired) electrons. The fourth-order valence-corrected chi connectivity index (χ4v) is 8.30. The van der Waals surface area contributed by atoms with Crippen LogP contribution in [0.3, 0.4) is 0 Å². The van der Waals surface area contributed by atoms with E-state index in [1.165, 1.54) is 0 Å². The SMILES string of the molecule is CC/C=C\C/C=C\C/C=C\C/C=C\C/C=C\C/C=C\C/C=C\C/C=C\C/C=C\C/C=C\C/C=C\CCCCCC(=O)OC(COC(=O)CCCCC/C=C\C/C=C\C/C=C\C/C=C\C/C=C\C/C=C\C/C=C\C/C=C\C/C=C\CC)COC(OCC[N+](C)(C)C)C(=O)[O-]. The van der Waals surface area contributed by atoms with Gasteiger partial charge in [0.25, 0.3) is 0 Å². The van der Waals surface area contributed by atoms with Crippen LogP contribution in [0, 0.1) is 0 Å². The Morgan fingerprint density at radius 1 is 0.323 bits per heavy atom. The number of unbranched alkanes of at least 4 members (excludes halogenated alkanes) is 6. The van der Waals surface area contributed by atoms with Gasteiger partial charge in [0, 0.05) is 12.8 Å². The Bertz CT molecular complexity index is 2430. The van der Waals surface area contributed by atoms with Gasteiger partial charge >= 0.3 is 11.9 Å². The third kappa shape index (κ3) is 72.4. The molecule has 0 aromatic carbocycles. The lowest BCUT2D eigenvalue weighted by Crippen LogP contribution is -2.44. The van der Waals surface area contributed by atoms with E-state index < -0.39 is 30.3 Å². The lowest BCUT2D eigenvalue weighted by atomic mass is 10.1. The third-order valence-corrected chi connectivity index (χ3v) is 13.6. The minimum absolute atomic E-state index is 0.120. The van der Waals surface area contributed by atoms with Crippen LogP contribution < -0.4 is 5.11 Å². The summed E-state index contributed by atoms with van der Waals surface area (Å²) in [6.07, 6.45) is 112. The number of hydrogen-bond donors (Lipinski definition) is 0. The second kappa shape index (κ2) is 70.9. The zero-order valence-corrected chi connectivity index (χ0v) is 58.5. The van der Waals surface area contributed by atoms with Gasteiger partial charge in [-0.1, -0.05) is 270 Å². The van der Waals surface area contributed by atoms with Crippen LogP contribution in [-0.2, 0) is 33.3 Å². The highest BCUT2D eigenvalue weighted by atomic mass is 16.7. The quantitative estimate of drug-likeness (QED) is 0.0195. The molecule has 0 saturated heterocycles. The summed E-state index contributed by atoms with van der Waals surface area (Å²) < 4.78 is 22.7. The number of nitrogens with zero attached hydrogens (tertiary/aromatic N) is 1. The summed E-state index contributed by atoms with van der Waals surface area (Å²) in [5.74, 6) is -2.41. The van der Waals surface area contributed by atoms with Crippen LogP contribution in [-0.4, -0.2) is 82.3 Å². The number of carbonyl (C=O) groups is 3. The average molecular weight is 1280 g/mol. The minimum Gasteiger partial charge on any atom is -0.545 e. The molecular weight excluding hydrogens is 1150 g/mol. The van der Waals surface area contributed by atoms with Crippen molar-refractivity contribution in [2.45, 2.75) is 219 Å². The molecule has 0 bridgehead atoms. The number of quaternary nitrogens is 1. The predicted octanol–water partition coefficient (Wildman–Crippen LogP) is 21.1. The van der Waals surface area contributed by atoms with E-state index in [9.17, 15) is 19.5 Å². The Kier molecular flexibility index (Phi) is 65.7. The molecule has 2 unspecified atom stereocenters. The summed E-state index contributed by atoms with van der Waals surface area (Å²) >= 11 is 0. The van der Waals surface area contributed by atoms with Crippen molar-refractivity contribution in [3.05, 3.63) is 243 Å². The lowest BCUT2D eigenvalue weighted by Gasteiger charge is -2.26. The molecule has 514 valence electrons. The van der Waals surface area contributed by atoms with Gasteiger partial charge in [0.15, 0.2) is 12.4 Å². The summed E-state index contributed by atoms with van der Waals surface area (Å²) in [5, 5.41) is 11.8. The number of carbonyl (C=O) groups excluding carboxylic acids is 3. The first-order chi connectivity index (χ1) is 45.6. The Labute approximate surface area is 567 Å². The first-order valence-corrected chi connectivity index (χ1v) is 35.2. The summed E-state index contributed by atoms with van der Waals surface area (Å²) in [6.45, 7) is 4.39. The Morgan fingerprint density at radius 2 is 0.581 bits per heavy atom. The molecule has 0 aromatic heterocycles. The van der Waals surface area contributed by atoms with Crippen molar-refractivity contribution in [2.75, 3.05) is 47.5 Å². The van der Waals surface area contributed by atoms with Gasteiger partial charge < -0.3 is 33.3 Å². The van der Waals surface area contributed by atoms with Gasteiger partial charge in [-0.2, -0.15) is 0 Å². The first-order valence-electron chi connectivity index (χ1n) is 35.2. The second-order valence-electron chi connectivity index (χ2n) is 23.3. The van der Waals surface area contributed by atoms with E-state index in [1.54, 1.807) is 0 Å². The van der Waals surface area contributed by atoms with Crippen molar-refractivity contribution in [1.29, 1.82) is 0 Å². The maximum Gasteiger partial charge on any atom is 0.306 e. The maximum atomic E-state index is 12.9. The fraction of sp³-hybridized carbons (Fsp3) is 0.488. The van der Waals surface area contributed by atoms with Crippen LogP contribution in [0.1, 0.15) is 206 Å². The van der Waals surface area contributed by atoms with Crippen LogP contribution in [0.2, 0.25) is 0 Å². The first kappa shape index (κ1) is 86.1. The lowest BCUT2D eigenvalue weighted by molar-refractivity contribution is -0.870. The zero-order valence-electron chi connectivity index (χ0n) is 58.5. The molecular formula is C84H125NO8. The molecule has 0 aromatic rings. The monoisotopic (exact) mass is 1280 g/mol. The van der Waals surface area contributed by atoms with Gasteiger partial charge in [0.2, 0.25) is 0 Å². The van der Waals surface area contributed by atoms with E-state index >= 15 is 0 Å². The van der Waals surface area contributed by atoms with Crippen LogP contribution in [0.15, 0.2) is 243 Å². The van der Waals surface area contributed by atoms with E-state index in [0.717, 1.165) is 167 Å². The normalized spacial score (nSPS) is 14.2. The number of likely N-dealkylation sites (N-methyl/N-ethyl adjacent to an activating group) is 1. The standard InChI is InChI=1S/C84H125NO8/c1-6-8-10-12-14-16-18-20-22-24-26-28-30-32-34-36-38-39-40-41-42-43-45-47-49-51-53-55-57-59-61-63-65-67-69-71-73-75-82(87)93-80(79-92-84(83(88)89)90-77-76-85(3,4)5)78-91-81(86)74-72-70-68-66-64-62-60-58-56-54-52-50-48-46-44-37-35-33-31-29-27-25-23-21-19-17-15-13-11-9-7-2/h8-11,14-17,20-23,26-29,32-35,38-39,41-42,44-47,50-53,56-59,62-65,80,84H,6-7,12-13,18-19,24-25,30-31,36-37,40,43,48-49,54-55,60-61,66-79H2,1-5H3/b10-8-,11-9-,16-14-,17-15-,22-20-,23-21-,28-26-,29-27-,34-32-,35-33-,39-38-,42-41-,46-44-,47-45-,52-50-,53-51-,58-56-,59-57-,64-62-,65-63-. The maximum absolute atomic E-state index is 12.9. The van der Waals surface area contributed by atoms with E-state index in [1.807, 2.05) is 21.1 Å². The number of hydrogen-bond acceptors (Lipinski definition) is 8. The summed E-state index contributed by atoms with van der Waals surface area (Å²) in [6, 6.07) is 0. The van der Waals surface area contributed by atoms with Crippen LogP contribution in [0.25, 0.3) is 0 Å². The highest BCUT2D eigenvalue weighted by Gasteiger charge is 2.22. The molecule has 0 N–H and O–H groups in total. The number of esters is 2. The van der Waals surface area contributed by atoms with Gasteiger partial charge in [-0.05, 0) is 167 Å². The van der Waals surface area contributed by atoms with E-state index in [0.29, 0.717) is 23.9 Å². The van der Waals surface area contributed by atoms with Gasteiger partial charge in [-0.25, -0.2) is 0 Å². The van der Waals surface area contributed by atoms with Gasteiger partial charge in [0.05, 0.1) is 40.3 Å². The molecule has 0 rings (SSSR count). The van der Waals surface area contributed by atoms with Gasteiger partial charge in [0.1, 0.15) is 13.2 Å².